The summed E-state index contributed by atoms with van der Waals surface area (Å²) in [5.74, 6) is -0.967. The Morgan fingerprint density at radius 3 is 2.53 bits per heavy atom. The number of carboxylic acid groups (broad SMARTS) is 1. The van der Waals surface area contributed by atoms with E-state index in [1.165, 1.54) is 12.1 Å². The lowest BCUT2D eigenvalue weighted by atomic mass is 10.1. The number of aliphatic carboxylic acids is 1. The molecule has 0 radical (unpaired) electrons. The molecule has 0 atom stereocenters. The van der Waals surface area contributed by atoms with Crippen molar-refractivity contribution in [2.45, 2.75) is 19.0 Å². The van der Waals surface area contributed by atoms with E-state index in [0.717, 1.165) is 6.07 Å². The van der Waals surface area contributed by atoms with Crippen LogP contribution in [0.3, 0.4) is 0 Å². The zero-order valence-corrected chi connectivity index (χ0v) is 11.3. The fourth-order valence-corrected chi connectivity index (χ4v) is 2.15. The number of alkyl halides is 3. The van der Waals surface area contributed by atoms with E-state index in [4.69, 9.17) is 5.11 Å². The van der Waals surface area contributed by atoms with Crippen LogP contribution in [0.15, 0.2) is 22.7 Å². The first-order chi connectivity index (χ1) is 8.74. The van der Waals surface area contributed by atoms with Crippen molar-refractivity contribution in [3.05, 3.63) is 28.2 Å². The molecule has 0 saturated heterocycles. The summed E-state index contributed by atoms with van der Waals surface area (Å²) in [7, 11) is 0. The van der Waals surface area contributed by atoms with Gasteiger partial charge in [0.2, 0.25) is 0 Å². The quantitative estimate of drug-likeness (QED) is 0.879. The van der Waals surface area contributed by atoms with Crippen molar-refractivity contribution in [3.63, 3.8) is 0 Å². The number of carboxylic acids is 1. The van der Waals surface area contributed by atoms with Crippen molar-refractivity contribution in [1.29, 1.82) is 0 Å². The van der Waals surface area contributed by atoms with Gasteiger partial charge in [0.25, 0.3) is 0 Å². The van der Waals surface area contributed by atoms with Crippen LogP contribution >= 0.6 is 15.9 Å². The van der Waals surface area contributed by atoms with Gasteiger partial charge in [-0.1, -0.05) is 15.9 Å². The van der Waals surface area contributed by atoms with Crippen molar-refractivity contribution in [2.24, 2.45) is 5.41 Å². The van der Waals surface area contributed by atoms with E-state index in [9.17, 15) is 18.0 Å². The van der Waals surface area contributed by atoms with Gasteiger partial charge in [-0.15, -0.1) is 0 Å². The third kappa shape index (κ3) is 3.02. The molecule has 104 valence electrons. The second-order valence-electron chi connectivity index (χ2n) is 4.63. The number of halogens is 4. The summed E-state index contributed by atoms with van der Waals surface area (Å²) in [5.41, 5.74) is -1.80. The highest BCUT2D eigenvalue weighted by Gasteiger charge is 2.50. The second kappa shape index (κ2) is 4.70. The molecule has 1 aromatic carbocycles. The molecule has 0 aliphatic heterocycles. The maximum Gasteiger partial charge on any atom is 0.418 e. The number of hydrogen-bond acceptors (Lipinski definition) is 2. The molecule has 1 aliphatic rings. The third-order valence-corrected chi connectivity index (χ3v) is 3.70. The Kier molecular flexibility index (Phi) is 3.51. The number of carbonyl (C=O) groups is 1. The van der Waals surface area contributed by atoms with Crippen molar-refractivity contribution >= 4 is 27.6 Å². The molecule has 0 heterocycles. The summed E-state index contributed by atoms with van der Waals surface area (Å²) in [4.78, 5) is 11.0. The minimum Gasteiger partial charge on any atom is -0.481 e. The van der Waals surface area contributed by atoms with Gasteiger partial charge in [0.1, 0.15) is 0 Å². The zero-order valence-electron chi connectivity index (χ0n) is 9.72. The molecule has 1 fully saturated rings. The van der Waals surface area contributed by atoms with Gasteiger partial charge in [-0.05, 0) is 31.0 Å². The minimum atomic E-state index is -4.48. The molecule has 0 aromatic heterocycles. The maximum absolute atomic E-state index is 12.8. The summed E-state index contributed by atoms with van der Waals surface area (Å²) in [5, 5.41) is 11.6. The van der Waals surface area contributed by atoms with Gasteiger partial charge < -0.3 is 10.4 Å². The molecule has 0 bridgehead atoms. The van der Waals surface area contributed by atoms with Crippen molar-refractivity contribution in [1.82, 2.24) is 0 Å². The first-order valence-corrected chi connectivity index (χ1v) is 6.38. The predicted octanol–water partition coefficient (Wildman–Crippen LogP) is 3.74. The fraction of sp³-hybridized carbons (Fsp3) is 0.417. The molecule has 7 heteroatoms. The number of anilines is 1. The topological polar surface area (TPSA) is 49.3 Å². The summed E-state index contributed by atoms with van der Waals surface area (Å²) < 4.78 is 38.9. The molecule has 0 unspecified atom stereocenters. The molecule has 2 rings (SSSR count). The molecular weight excluding hydrogens is 327 g/mol. The third-order valence-electron chi connectivity index (χ3n) is 3.21. The highest BCUT2D eigenvalue weighted by Crippen LogP contribution is 2.46. The van der Waals surface area contributed by atoms with E-state index in [-0.39, 0.29) is 12.2 Å². The summed E-state index contributed by atoms with van der Waals surface area (Å²) in [6.45, 7) is 0.00699. The first kappa shape index (κ1) is 14.2. The van der Waals surface area contributed by atoms with Crippen LogP contribution in [0.1, 0.15) is 18.4 Å². The largest absolute Gasteiger partial charge is 0.481 e. The SMILES string of the molecule is O=C(O)C1(CNc2ccc(Br)cc2C(F)(F)F)CC1. The van der Waals surface area contributed by atoms with Crippen LogP contribution in [0.4, 0.5) is 18.9 Å². The Balaban J connectivity index is 2.19. The van der Waals surface area contributed by atoms with E-state index in [1.807, 2.05) is 0 Å². The molecule has 3 nitrogen and oxygen atoms in total. The first-order valence-electron chi connectivity index (χ1n) is 5.59. The molecule has 1 saturated carbocycles. The van der Waals surface area contributed by atoms with Crippen LogP contribution in [0.5, 0.6) is 0 Å². The molecule has 1 aromatic rings. The number of hydrogen-bond donors (Lipinski definition) is 2. The normalized spacial score (nSPS) is 17.1. The lowest BCUT2D eigenvalue weighted by Crippen LogP contribution is -2.25. The maximum atomic E-state index is 12.8. The average molecular weight is 338 g/mol. The van der Waals surface area contributed by atoms with Gasteiger partial charge in [0.15, 0.2) is 0 Å². The molecule has 1 aliphatic carbocycles. The van der Waals surface area contributed by atoms with E-state index >= 15 is 0 Å². The molecular formula is C12H11BrF3NO2. The smallest absolute Gasteiger partial charge is 0.418 e. The lowest BCUT2D eigenvalue weighted by Gasteiger charge is -2.17. The highest BCUT2D eigenvalue weighted by molar-refractivity contribution is 9.10. The minimum absolute atomic E-state index is 0.00699. The van der Waals surface area contributed by atoms with Gasteiger partial charge in [-0.25, -0.2) is 0 Å². The summed E-state index contributed by atoms with van der Waals surface area (Å²) in [6.07, 6.45) is -3.49. The van der Waals surface area contributed by atoms with E-state index in [1.54, 1.807) is 0 Å². The van der Waals surface area contributed by atoms with E-state index in [0.29, 0.717) is 17.3 Å². The van der Waals surface area contributed by atoms with Gasteiger partial charge in [0, 0.05) is 16.7 Å². The molecule has 0 spiro atoms. The second-order valence-corrected chi connectivity index (χ2v) is 5.54. The van der Waals surface area contributed by atoms with Crippen molar-refractivity contribution < 1.29 is 23.1 Å². The van der Waals surface area contributed by atoms with Crippen LogP contribution in [0.2, 0.25) is 0 Å². The van der Waals surface area contributed by atoms with Crippen LogP contribution in [0.25, 0.3) is 0 Å². The Morgan fingerprint density at radius 2 is 2.05 bits per heavy atom. The van der Waals surface area contributed by atoms with Crippen molar-refractivity contribution in [3.8, 4) is 0 Å². The van der Waals surface area contributed by atoms with Crippen LogP contribution < -0.4 is 5.32 Å². The van der Waals surface area contributed by atoms with Gasteiger partial charge in [0.05, 0.1) is 11.0 Å². The summed E-state index contributed by atoms with van der Waals surface area (Å²) >= 11 is 2.99. The zero-order chi connectivity index (χ0) is 14.3. The average Bonchev–Trinajstić information content (AvgIpc) is 3.07. The van der Waals surface area contributed by atoms with Crippen LogP contribution in [-0.4, -0.2) is 17.6 Å². The van der Waals surface area contributed by atoms with Crippen LogP contribution in [-0.2, 0) is 11.0 Å². The predicted molar refractivity (Wildman–Crippen MR) is 66.9 cm³/mol. The number of rotatable bonds is 4. The van der Waals surface area contributed by atoms with Gasteiger partial charge in [-0.3, -0.25) is 4.79 Å². The van der Waals surface area contributed by atoms with Crippen molar-refractivity contribution in [2.75, 3.05) is 11.9 Å². The number of nitrogens with one attached hydrogen (secondary N) is 1. The Morgan fingerprint density at radius 1 is 1.42 bits per heavy atom. The summed E-state index contributed by atoms with van der Waals surface area (Å²) in [6, 6.07) is 3.76. The Bertz CT molecular complexity index is 512. The lowest BCUT2D eigenvalue weighted by molar-refractivity contribution is -0.142. The van der Waals surface area contributed by atoms with Gasteiger partial charge >= 0.3 is 12.1 Å². The van der Waals surface area contributed by atoms with Crippen LogP contribution in [0, 0.1) is 5.41 Å². The standard InChI is InChI=1S/C12H11BrF3NO2/c13-7-1-2-9(8(5-7)12(14,15)16)17-6-11(3-4-11)10(18)19/h1-2,5,17H,3-4,6H2,(H,18,19). The molecule has 2 N–H and O–H groups in total. The Hall–Kier alpha value is -1.24. The number of benzene rings is 1. The molecule has 19 heavy (non-hydrogen) atoms. The monoisotopic (exact) mass is 337 g/mol. The molecule has 0 amide bonds. The fourth-order valence-electron chi connectivity index (χ4n) is 1.79. The van der Waals surface area contributed by atoms with Gasteiger partial charge in [-0.2, -0.15) is 13.2 Å². The Labute approximate surface area is 115 Å². The van der Waals surface area contributed by atoms with E-state index < -0.39 is 23.1 Å². The van der Waals surface area contributed by atoms with E-state index in [2.05, 4.69) is 21.2 Å². The highest BCUT2D eigenvalue weighted by atomic mass is 79.9.